The molecule has 1 aliphatic rings. The molecule has 0 atom stereocenters. The van der Waals surface area contributed by atoms with Crippen LogP contribution in [0.3, 0.4) is 0 Å². The molecule has 0 spiro atoms. The molecule has 6 heteroatoms. The van der Waals surface area contributed by atoms with E-state index in [0.717, 1.165) is 5.56 Å². The summed E-state index contributed by atoms with van der Waals surface area (Å²) in [6, 6.07) is 3.32. The number of fused-ring (bicyclic) bond motifs is 1. The Hall–Kier alpha value is -1.75. The number of hydrogen-bond donors (Lipinski definition) is 2. The summed E-state index contributed by atoms with van der Waals surface area (Å²) < 4.78 is 5.40. The zero-order chi connectivity index (χ0) is 14.0. The van der Waals surface area contributed by atoms with E-state index >= 15 is 0 Å². The Labute approximate surface area is 114 Å². The molecule has 1 aliphatic heterocycles. The van der Waals surface area contributed by atoms with Crippen molar-refractivity contribution >= 4 is 23.5 Å². The van der Waals surface area contributed by atoms with Crippen molar-refractivity contribution in [2.24, 2.45) is 0 Å². The molecule has 0 aromatic heterocycles. The van der Waals surface area contributed by atoms with Gasteiger partial charge in [-0.3, -0.25) is 9.59 Å². The fourth-order valence-corrected chi connectivity index (χ4v) is 2.61. The van der Waals surface area contributed by atoms with Crippen molar-refractivity contribution in [1.82, 2.24) is 0 Å². The highest BCUT2D eigenvalue weighted by Gasteiger charge is 2.27. The van der Waals surface area contributed by atoms with Gasteiger partial charge in [-0.25, -0.2) is 0 Å². The summed E-state index contributed by atoms with van der Waals surface area (Å²) in [6.07, 6.45) is 0.182. The lowest BCUT2D eigenvalue weighted by atomic mass is 9.88. The Balaban J connectivity index is 2.39. The van der Waals surface area contributed by atoms with E-state index in [-0.39, 0.29) is 12.8 Å². The largest absolute Gasteiger partial charge is 0.491 e. The number of ether oxygens (including phenoxy) is 1. The molecule has 0 fully saturated rings. The maximum Gasteiger partial charge on any atom is 0.303 e. The van der Waals surface area contributed by atoms with Gasteiger partial charge in [0.05, 0.1) is 24.5 Å². The van der Waals surface area contributed by atoms with Crippen LogP contribution in [0.1, 0.15) is 29.9 Å². The highest BCUT2D eigenvalue weighted by atomic mass is 35.5. The van der Waals surface area contributed by atoms with Crippen molar-refractivity contribution in [3.63, 3.8) is 0 Å². The Bertz CT molecular complexity index is 510. The second-order valence-electron chi connectivity index (χ2n) is 4.44. The smallest absolute Gasteiger partial charge is 0.303 e. The van der Waals surface area contributed by atoms with Crippen molar-refractivity contribution in [1.29, 1.82) is 0 Å². The number of hydrogen-bond acceptors (Lipinski definition) is 3. The van der Waals surface area contributed by atoms with E-state index < -0.39 is 17.9 Å². The van der Waals surface area contributed by atoms with Gasteiger partial charge in [-0.2, -0.15) is 0 Å². The van der Waals surface area contributed by atoms with Gasteiger partial charge < -0.3 is 14.9 Å². The van der Waals surface area contributed by atoms with Gasteiger partial charge in [0.2, 0.25) is 0 Å². The minimum atomic E-state index is -1.02. The lowest BCUT2D eigenvalue weighted by Crippen LogP contribution is -2.12. The molecule has 0 saturated carbocycles. The molecule has 1 heterocycles. The minimum Gasteiger partial charge on any atom is -0.491 e. The van der Waals surface area contributed by atoms with E-state index in [1.807, 2.05) is 0 Å². The number of carbonyl (C=O) groups is 2. The Morgan fingerprint density at radius 3 is 2.47 bits per heavy atom. The predicted octanol–water partition coefficient (Wildman–Crippen LogP) is 2.31. The monoisotopic (exact) mass is 284 g/mol. The molecule has 1 aromatic carbocycles. The van der Waals surface area contributed by atoms with Gasteiger partial charge in [0.1, 0.15) is 5.75 Å². The van der Waals surface area contributed by atoms with Gasteiger partial charge in [-0.15, -0.1) is 0 Å². The van der Waals surface area contributed by atoms with Crippen molar-refractivity contribution in [3.8, 4) is 5.75 Å². The van der Waals surface area contributed by atoms with E-state index in [2.05, 4.69) is 0 Å². The van der Waals surface area contributed by atoms with Crippen molar-refractivity contribution in [3.05, 3.63) is 28.3 Å². The van der Waals surface area contributed by atoms with Gasteiger partial charge in [0, 0.05) is 17.9 Å². The first-order valence-electron chi connectivity index (χ1n) is 5.86. The summed E-state index contributed by atoms with van der Waals surface area (Å²) >= 11 is 6.00. The molecule has 5 nitrogen and oxygen atoms in total. The Morgan fingerprint density at radius 2 is 1.89 bits per heavy atom. The normalized spacial score (nSPS) is 13.2. The van der Waals surface area contributed by atoms with Gasteiger partial charge >= 0.3 is 11.9 Å². The second-order valence-corrected chi connectivity index (χ2v) is 4.84. The molecule has 2 rings (SSSR count). The average molecular weight is 285 g/mol. The average Bonchev–Trinajstić information content (AvgIpc) is 2.77. The van der Waals surface area contributed by atoms with Crippen LogP contribution in [0.4, 0.5) is 0 Å². The van der Waals surface area contributed by atoms with Crippen molar-refractivity contribution in [2.75, 3.05) is 6.61 Å². The van der Waals surface area contributed by atoms with E-state index in [4.69, 9.17) is 26.6 Å². The molecule has 1 aromatic rings. The van der Waals surface area contributed by atoms with Gasteiger partial charge in [0.25, 0.3) is 0 Å². The number of carboxylic acid groups (broad SMARTS) is 2. The van der Waals surface area contributed by atoms with Crippen LogP contribution in [0.2, 0.25) is 5.02 Å². The molecule has 0 amide bonds. The van der Waals surface area contributed by atoms with E-state index in [0.29, 0.717) is 29.4 Å². The zero-order valence-electron chi connectivity index (χ0n) is 10.1. The van der Waals surface area contributed by atoms with Gasteiger partial charge in [-0.1, -0.05) is 17.7 Å². The predicted molar refractivity (Wildman–Crippen MR) is 67.9 cm³/mol. The van der Waals surface area contributed by atoms with Gasteiger partial charge in [-0.05, 0) is 11.6 Å². The number of aliphatic carboxylic acids is 2. The van der Waals surface area contributed by atoms with Crippen molar-refractivity contribution < 1.29 is 24.5 Å². The van der Waals surface area contributed by atoms with Crippen LogP contribution in [0, 0.1) is 0 Å². The third kappa shape index (κ3) is 2.98. The van der Waals surface area contributed by atoms with Crippen LogP contribution in [0.15, 0.2) is 12.1 Å². The summed E-state index contributed by atoms with van der Waals surface area (Å²) in [5, 5.41) is 18.3. The molecule has 0 saturated heterocycles. The van der Waals surface area contributed by atoms with E-state index in [1.54, 1.807) is 12.1 Å². The lowest BCUT2D eigenvalue weighted by Gasteiger charge is -2.16. The van der Waals surface area contributed by atoms with Crippen LogP contribution in [0.5, 0.6) is 5.75 Å². The summed E-state index contributed by atoms with van der Waals surface area (Å²) in [5.41, 5.74) is 1.54. The maximum absolute atomic E-state index is 10.9. The molecule has 0 aliphatic carbocycles. The fraction of sp³-hybridized carbons (Fsp3) is 0.385. The molecule has 102 valence electrons. The fourth-order valence-electron chi connectivity index (χ4n) is 2.38. The minimum absolute atomic E-state index is 0.222. The highest BCUT2D eigenvalue weighted by Crippen LogP contribution is 2.40. The van der Waals surface area contributed by atoms with Gasteiger partial charge in [0.15, 0.2) is 0 Å². The van der Waals surface area contributed by atoms with Crippen LogP contribution >= 0.6 is 11.6 Å². The summed E-state index contributed by atoms with van der Waals surface area (Å²) in [7, 11) is 0. The number of carboxylic acids is 2. The Kier molecular flexibility index (Phi) is 3.95. The zero-order valence-corrected chi connectivity index (χ0v) is 10.8. The van der Waals surface area contributed by atoms with Crippen LogP contribution in [-0.4, -0.2) is 28.8 Å². The standard InChI is InChI=1S/C13H13ClO5/c14-10-2-1-8(9-3-4-19-13(9)10)7(5-11(15)16)6-12(17)18/h1-2,7H,3-6H2,(H,15,16)(H,17,18). The number of halogens is 1. The van der Waals surface area contributed by atoms with Crippen LogP contribution in [0.25, 0.3) is 0 Å². The number of rotatable bonds is 5. The molecular weight excluding hydrogens is 272 g/mol. The molecule has 0 radical (unpaired) electrons. The SMILES string of the molecule is O=C(O)CC(CC(=O)O)c1ccc(Cl)c2c1CCO2. The third-order valence-electron chi connectivity index (χ3n) is 3.13. The maximum atomic E-state index is 10.9. The molecule has 0 bridgehead atoms. The van der Waals surface area contributed by atoms with Crippen molar-refractivity contribution in [2.45, 2.75) is 25.2 Å². The molecule has 19 heavy (non-hydrogen) atoms. The summed E-state index contributed by atoms with van der Waals surface area (Å²) in [4.78, 5) is 21.8. The molecular formula is C13H13ClO5. The third-order valence-corrected chi connectivity index (χ3v) is 3.43. The number of benzene rings is 1. The quantitative estimate of drug-likeness (QED) is 0.867. The first kappa shape index (κ1) is 13.7. The van der Waals surface area contributed by atoms with E-state index in [1.165, 1.54) is 0 Å². The summed E-state index contributed by atoms with van der Waals surface area (Å²) in [6.45, 7) is 0.485. The van der Waals surface area contributed by atoms with E-state index in [9.17, 15) is 9.59 Å². The first-order chi connectivity index (χ1) is 8.99. The summed E-state index contributed by atoms with van der Waals surface area (Å²) in [5.74, 6) is -2.05. The van der Waals surface area contributed by atoms with Crippen LogP contribution < -0.4 is 4.74 Å². The highest BCUT2D eigenvalue weighted by molar-refractivity contribution is 6.32. The molecule has 0 unspecified atom stereocenters. The topological polar surface area (TPSA) is 83.8 Å². The lowest BCUT2D eigenvalue weighted by molar-refractivity contribution is -0.139. The van der Waals surface area contributed by atoms with Crippen LogP contribution in [-0.2, 0) is 16.0 Å². The Morgan fingerprint density at radius 1 is 1.26 bits per heavy atom. The molecule has 2 N–H and O–H groups in total. The second kappa shape index (κ2) is 5.48. The first-order valence-corrected chi connectivity index (χ1v) is 6.24.